The Kier molecular flexibility index (Phi) is 7.68. The molecule has 0 aromatic heterocycles. The van der Waals surface area contributed by atoms with Crippen molar-refractivity contribution in [2.24, 2.45) is 0 Å². The first-order valence-corrected chi connectivity index (χ1v) is 9.93. The number of benzene rings is 2. The Balaban J connectivity index is 1.77. The molecule has 2 aromatic carbocycles. The highest BCUT2D eigenvalue weighted by Gasteiger charge is 2.12. The number of rotatable bonds is 6. The molecule has 0 bridgehead atoms. The van der Waals surface area contributed by atoms with Gasteiger partial charge in [-0.1, -0.05) is 57.2 Å². The van der Waals surface area contributed by atoms with Gasteiger partial charge >= 0.3 is 0 Å². The fraction of sp³-hybridized carbons (Fsp3) is 0.333. The molecule has 0 aliphatic rings. The first-order valence-electron chi connectivity index (χ1n) is 8.88. The molecule has 1 amide bonds. The van der Waals surface area contributed by atoms with Gasteiger partial charge in [0.15, 0.2) is 5.11 Å². The summed E-state index contributed by atoms with van der Waals surface area (Å²) in [4.78, 5) is 11.3. The molecule has 0 aliphatic carbocycles. The van der Waals surface area contributed by atoms with E-state index in [0.717, 1.165) is 11.3 Å². The smallest absolute Gasteiger partial charge is 0.234 e. The van der Waals surface area contributed by atoms with Gasteiger partial charge in [0.1, 0.15) is 0 Å². The summed E-state index contributed by atoms with van der Waals surface area (Å²) < 4.78 is 0. The third kappa shape index (κ3) is 7.23. The average Bonchev–Trinajstić information content (AvgIpc) is 2.65. The Morgan fingerprint density at radius 1 is 0.926 bits per heavy atom. The van der Waals surface area contributed by atoms with Gasteiger partial charge in [-0.3, -0.25) is 4.79 Å². The van der Waals surface area contributed by atoms with Crippen molar-refractivity contribution in [3.05, 3.63) is 65.2 Å². The Morgan fingerprint density at radius 2 is 1.41 bits per heavy atom. The van der Waals surface area contributed by atoms with Gasteiger partial charge in [0.25, 0.3) is 0 Å². The number of hydrogen-bond acceptors (Lipinski definition) is 3. The van der Waals surface area contributed by atoms with Gasteiger partial charge in [0.2, 0.25) is 5.91 Å². The first kappa shape index (κ1) is 21.3. The standard InChI is InChI=1S/C21H27N3OS2/c1-21(2,3)17-8-4-15(5-9-17)12-22-20(27)23-13-16-6-10-18(11-7-16)24-19(25)14-26/h4-11,26H,12-14H2,1-3H3,(H,24,25)(H2,22,23,27). The fourth-order valence-corrected chi connectivity index (χ4v) is 2.68. The number of amides is 1. The predicted octanol–water partition coefficient (Wildman–Crippen LogP) is 4.02. The molecule has 0 unspecified atom stereocenters. The van der Waals surface area contributed by atoms with Crippen LogP contribution in [0.4, 0.5) is 5.69 Å². The Morgan fingerprint density at radius 3 is 1.85 bits per heavy atom. The summed E-state index contributed by atoms with van der Waals surface area (Å²) in [6.45, 7) is 7.93. The van der Waals surface area contributed by atoms with Crippen LogP contribution in [0, 0.1) is 0 Å². The fourth-order valence-electron chi connectivity index (χ4n) is 2.46. The van der Waals surface area contributed by atoms with Crippen LogP contribution in [0.15, 0.2) is 48.5 Å². The van der Waals surface area contributed by atoms with Crippen LogP contribution in [0.25, 0.3) is 0 Å². The summed E-state index contributed by atoms with van der Waals surface area (Å²) in [7, 11) is 0. The van der Waals surface area contributed by atoms with Crippen LogP contribution in [-0.4, -0.2) is 16.8 Å². The number of anilines is 1. The Labute approximate surface area is 172 Å². The molecular weight excluding hydrogens is 374 g/mol. The molecule has 3 N–H and O–H groups in total. The first-order chi connectivity index (χ1) is 12.8. The minimum absolute atomic E-state index is 0.120. The maximum atomic E-state index is 11.3. The van der Waals surface area contributed by atoms with Crippen molar-refractivity contribution >= 4 is 41.6 Å². The maximum absolute atomic E-state index is 11.3. The minimum Gasteiger partial charge on any atom is -0.359 e. The van der Waals surface area contributed by atoms with Crippen LogP contribution in [0.1, 0.15) is 37.5 Å². The summed E-state index contributed by atoms with van der Waals surface area (Å²) >= 11 is 9.29. The number of nitrogens with one attached hydrogen (secondary N) is 3. The number of thiol groups is 1. The van der Waals surface area contributed by atoms with Gasteiger partial charge in [0.05, 0.1) is 5.75 Å². The Bertz CT molecular complexity index is 766. The van der Waals surface area contributed by atoms with Gasteiger partial charge in [0, 0.05) is 18.8 Å². The van der Waals surface area contributed by atoms with E-state index in [1.165, 1.54) is 11.1 Å². The summed E-state index contributed by atoms with van der Waals surface area (Å²) in [6, 6.07) is 16.2. The van der Waals surface area contributed by atoms with E-state index in [4.69, 9.17) is 12.2 Å². The van der Waals surface area contributed by atoms with E-state index >= 15 is 0 Å². The molecule has 0 radical (unpaired) electrons. The molecule has 0 saturated heterocycles. The van der Waals surface area contributed by atoms with Crippen molar-refractivity contribution in [1.82, 2.24) is 10.6 Å². The maximum Gasteiger partial charge on any atom is 0.234 e. The molecule has 0 aliphatic heterocycles. The number of thiocarbonyl (C=S) groups is 1. The quantitative estimate of drug-likeness (QED) is 0.436. The number of hydrogen-bond donors (Lipinski definition) is 4. The van der Waals surface area contributed by atoms with Crippen LogP contribution in [0.2, 0.25) is 0 Å². The molecule has 144 valence electrons. The molecule has 0 saturated carbocycles. The van der Waals surface area contributed by atoms with Crippen LogP contribution >= 0.6 is 24.8 Å². The van der Waals surface area contributed by atoms with E-state index < -0.39 is 0 Å². The lowest BCUT2D eigenvalue weighted by atomic mass is 9.87. The van der Waals surface area contributed by atoms with Crippen LogP contribution in [-0.2, 0) is 23.3 Å². The van der Waals surface area contributed by atoms with E-state index in [0.29, 0.717) is 18.2 Å². The van der Waals surface area contributed by atoms with Gasteiger partial charge in [-0.05, 0) is 46.5 Å². The molecule has 0 heterocycles. The zero-order valence-corrected chi connectivity index (χ0v) is 17.7. The van der Waals surface area contributed by atoms with E-state index in [9.17, 15) is 4.79 Å². The van der Waals surface area contributed by atoms with Crippen molar-refractivity contribution in [1.29, 1.82) is 0 Å². The summed E-state index contributed by atoms with van der Waals surface area (Å²) in [5, 5.41) is 9.80. The topological polar surface area (TPSA) is 53.2 Å². The second-order valence-corrected chi connectivity index (χ2v) is 8.11. The number of carbonyl (C=O) groups is 1. The average molecular weight is 402 g/mol. The molecule has 27 heavy (non-hydrogen) atoms. The molecule has 2 aromatic rings. The lowest BCUT2D eigenvalue weighted by Gasteiger charge is -2.19. The molecule has 0 fully saturated rings. The van der Waals surface area contributed by atoms with Crippen LogP contribution in [0.5, 0.6) is 0 Å². The number of carbonyl (C=O) groups excluding carboxylic acids is 1. The van der Waals surface area contributed by atoms with E-state index in [1.807, 2.05) is 24.3 Å². The van der Waals surface area contributed by atoms with E-state index in [1.54, 1.807) is 0 Å². The molecule has 0 spiro atoms. The Hall–Kier alpha value is -2.05. The molecule has 6 heteroatoms. The second kappa shape index (κ2) is 9.76. The van der Waals surface area contributed by atoms with Gasteiger partial charge in [-0.2, -0.15) is 12.6 Å². The molecule has 2 rings (SSSR count). The lowest BCUT2D eigenvalue weighted by Crippen LogP contribution is -2.34. The second-order valence-electron chi connectivity index (χ2n) is 7.39. The molecule has 4 nitrogen and oxygen atoms in total. The highest BCUT2D eigenvalue weighted by atomic mass is 32.1. The van der Waals surface area contributed by atoms with Gasteiger partial charge in [-0.15, -0.1) is 0 Å². The highest BCUT2D eigenvalue weighted by Crippen LogP contribution is 2.22. The highest BCUT2D eigenvalue weighted by molar-refractivity contribution is 7.81. The van der Waals surface area contributed by atoms with Crippen molar-refractivity contribution < 1.29 is 4.79 Å². The normalized spacial score (nSPS) is 11.0. The van der Waals surface area contributed by atoms with Gasteiger partial charge in [-0.25, -0.2) is 0 Å². The monoisotopic (exact) mass is 401 g/mol. The predicted molar refractivity (Wildman–Crippen MR) is 120 cm³/mol. The van der Waals surface area contributed by atoms with E-state index in [2.05, 4.69) is 73.6 Å². The minimum atomic E-state index is -0.120. The zero-order chi connectivity index (χ0) is 19.9. The zero-order valence-electron chi connectivity index (χ0n) is 16.0. The van der Waals surface area contributed by atoms with Crippen molar-refractivity contribution in [3.8, 4) is 0 Å². The summed E-state index contributed by atoms with van der Waals surface area (Å²) in [5.74, 6) is 0.0486. The van der Waals surface area contributed by atoms with Crippen molar-refractivity contribution in [2.45, 2.75) is 39.3 Å². The van der Waals surface area contributed by atoms with E-state index in [-0.39, 0.29) is 17.1 Å². The van der Waals surface area contributed by atoms with Crippen LogP contribution < -0.4 is 16.0 Å². The molecule has 0 atom stereocenters. The van der Waals surface area contributed by atoms with Crippen LogP contribution in [0.3, 0.4) is 0 Å². The van der Waals surface area contributed by atoms with Crippen molar-refractivity contribution in [3.63, 3.8) is 0 Å². The third-order valence-electron chi connectivity index (χ3n) is 4.11. The summed E-state index contributed by atoms with van der Waals surface area (Å²) in [6.07, 6.45) is 0. The van der Waals surface area contributed by atoms with Crippen molar-refractivity contribution in [2.75, 3.05) is 11.1 Å². The molecular formula is C21H27N3OS2. The third-order valence-corrected chi connectivity index (χ3v) is 4.68. The summed E-state index contributed by atoms with van der Waals surface area (Å²) in [5.41, 5.74) is 4.51. The SMILES string of the molecule is CC(C)(C)c1ccc(CNC(=S)NCc2ccc(NC(=O)CS)cc2)cc1. The largest absolute Gasteiger partial charge is 0.359 e. The lowest BCUT2D eigenvalue weighted by molar-refractivity contribution is -0.113. The van der Waals surface area contributed by atoms with Gasteiger partial charge < -0.3 is 16.0 Å².